The van der Waals surface area contributed by atoms with Crippen molar-refractivity contribution in [3.63, 3.8) is 0 Å². The minimum absolute atomic E-state index is 0.0115. The highest BCUT2D eigenvalue weighted by molar-refractivity contribution is 14.1. The summed E-state index contributed by atoms with van der Waals surface area (Å²) in [7, 11) is 0. The number of aliphatic carboxylic acids is 1. The Morgan fingerprint density at radius 3 is 2.57 bits per heavy atom. The van der Waals surface area contributed by atoms with Crippen molar-refractivity contribution in [1.82, 2.24) is 0 Å². The number of ketones is 1. The van der Waals surface area contributed by atoms with Crippen LogP contribution in [0.15, 0.2) is 9.66 Å². The average molecular weight is 436 g/mol. The summed E-state index contributed by atoms with van der Waals surface area (Å²) in [6.45, 7) is 2.80. The van der Waals surface area contributed by atoms with Crippen LogP contribution in [-0.4, -0.2) is 29.6 Å². The summed E-state index contributed by atoms with van der Waals surface area (Å²) < 4.78 is 6.95. The van der Waals surface area contributed by atoms with Gasteiger partial charge in [0.1, 0.15) is 0 Å². The lowest BCUT2D eigenvalue weighted by Crippen LogP contribution is -2.25. The molecule has 0 aromatic carbocycles. The van der Waals surface area contributed by atoms with Gasteiger partial charge in [0, 0.05) is 16.6 Å². The maximum absolute atomic E-state index is 12.1. The zero-order chi connectivity index (χ0) is 17.1. The van der Waals surface area contributed by atoms with Gasteiger partial charge in [-0.05, 0) is 47.9 Å². The Kier molecular flexibility index (Phi) is 10.8. The maximum atomic E-state index is 12.1. The molecule has 0 radical (unpaired) electrons. The summed E-state index contributed by atoms with van der Waals surface area (Å²) >= 11 is 2.21. The van der Waals surface area contributed by atoms with Crippen LogP contribution in [-0.2, 0) is 14.3 Å². The van der Waals surface area contributed by atoms with E-state index in [0.29, 0.717) is 13.0 Å². The maximum Gasteiger partial charge on any atom is 0.303 e. The van der Waals surface area contributed by atoms with E-state index in [1.165, 1.54) is 25.7 Å². The van der Waals surface area contributed by atoms with Gasteiger partial charge in [-0.15, -0.1) is 0 Å². The molecule has 0 bridgehead atoms. The van der Waals surface area contributed by atoms with Crippen LogP contribution in [0.25, 0.3) is 0 Å². The monoisotopic (exact) mass is 436 g/mol. The van der Waals surface area contributed by atoms with E-state index in [-0.39, 0.29) is 24.2 Å². The lowest BCUT2D eigenvalue weighted by Gasteiger charge is -2.20. The predicted molar refractivity (Wildman–Crippen MR) is 99.8 cm³/mol. The van der Waals surface area contributed by atoms with Crippen LogP contribution in [0.5, 0.6) is 0 Å². The van der Waals surface area contributed by atoms with Crippen molar-refractivity contribution >= 4 is 34.3 Å². The third-order valence-electron chi connectivity index (χ3n) is 4.23. The molecule has 0 aromatic heterocycles. The second-order valence-electron chi connectivity index (χ2n) is 6.24. The van der Waals surface area contributed by atoms with Crippen LogP contribution in [0.2, 0.25) is 0 Å². The van der Waals surface area contributed by atoms with Crippen molar-refractivity contribution in [2.45, 2.75) is 77.2 Å². The van der Waals surface area contributed by atoms with E-state index in [0.717, 1.165) is 29.3 Å². The van der Waals surface area contributed by atoms with Crippen LogP contribution in [0, 0.1) is 5.92 Å². The van der Waals surface area contributed by atoms with Crippen LogP contribution in [0.3, 0.4) is 0 Å². The van der Waals surface area contributed by atoms with Crippen LogP contribution < -0.4 is 0 Å². The fraction of sp³-hybridized carbons (Fsp3) is 0.778. The van der Waals surface area contributed by atoms with Gasteiger partial charge < -0.3 is 9.84 Å². The van der Waals surface area contributed by atoms with E-state index >= 15 is 0 Å². The molecule has 0 aliphatic heterocycles. The Labute approximate surface area is 153 Å². The lowest BCUT2D eigenvalue weighted by atomic mass is 9.95. The van der Waals surface area contributed by atoms with E-state index in [1.54, 1.807) is 6.08 Å². The number of carboxylic acid groups (broad SMARTS) is 1. The van der Waals surface area contributed by atoms with Gasteiger partial charge in [-0.2, -0.15) is 0 Å². The first-order valence-electron chi connectivity index (χ1n) is 8.80. The van der Waals surface area contributed by atoms with Crippen molar-refractivity contribution in [3.05, 3.63) is 9.66 Å². The van der Waals surface area contributed by atoms with Crippen molar-refractivity contribution in [3.8, 4) is 0 Å². The number of unbranched alkanes of at least 4 members (excludes halogenated alkanes) is 6. The molecule has 1 aliphatic carbocycles. The molecule has 1 aliphatic rings. The molecule has 0 fully saturated rings. The third-order valence-corrected chi connectivity index (χ3v) is 5.16. The van der Waals surface area contributed by atoms with E-state index < -0.39 is 5.97 Å². The molecule has 0 heterocycles. The van der Waals surface area contributed by atoms with Crippen LogP contribution in [0.1, 0.15) is 71.1 Å². The summed E-state index contributed by atoms with van der Waals surface area (Å²) in [6.07, 6.45) is 11.2. The molecule has 0 saturated heterocycles. The minimum Gasteiger partial charge on any atom is -0.481 e. The second kappa shape index (κ2) is 12.0. The highest BCUT2D eigenvalue weighted by Gasteiger charge is 2.35. The Balaban J connectivity index is 2.25. The highest BCUT2D eigenvalue weighted by Crippen LogP contribution is 2.33. The number of hydrogen-bond donors (Lipinski definition) is 1. The Morgan fingerprint density at radius 1 is 1.17 bits per heavy atom. The molecule has 0 amide bonds. The fourth-order valence-electron chi connectivity index (χ4n) is 2.89. The number of rotatable bonds is 13. The Bertz CT molecular complexity index is 406. The molecule has 1 rings (SSSR count). The standard InChI is InChI=1S/C18H29IO4/c1-2-3-4-5-7-10-14-16(20)13-15(19)18(14)23-12-9-6-8-11-17(21)22/h13-14,18H,2-12H2,1H3,(H,21,22)/t14-,18+/m0/s1. The Hall–Kier alpha value is -0.430. The van der Waals surface area contributed by atoms with Gasteiger partial charge in [0.25, 0.3) is 0 Å². The SMILES string of the molecule is CCCCCCC[C@H]1C(=O)C=C(I)[C@@H]1OCCCCCC(=O)O. The van der Waals surface area contributed by atoms with E-state index in [2.05, 4.69) is 29.5 Å². The first-order chi connectivity index (χ1) is 11.1. The van der Waals surface area contributed by atoms with Crippen LogP contribution in [0.4, 0.5) is 0 Å². The summed E-state index contributed by atoms with van der Waals surface area (Å²) in [6, 6.07) is 0. The molecule has 0 unspecified atom stereocenters. The normalized spacial score (nSPS) is 20.8. The first-order valence-corrected chi connectivity index (χ1v) is 9.88. The van der Waals surface area contributed by atoms with Crippen molar-refractivity contribution < 1.29 is 19.4 Å². The number of carboxylic acids is 1. The molecule has 1 N–H and O–H groups in total. The predicted octanol–water partition coefficient (Wildman–Crippen LogP) is 4.89. The molecule has 2 atom stereocenters. The molecule has 0 aromatic rings. The van der Waals surface area contributed by atoms with Crippen LogP contribution >= 0.6 is 22.6 Å². The number of hydrogen-bond acceptors (Lipinski definition) is 3. The third kappa shape index (κ3) is 8.29. The quantitative estimate of drug-likeness (QED) is 0.330. The number of halogens is 1. The second-order valence-corrected chi connectivity index (χ2v) is 7.48. The van der Waals surface area contributed by atoms with Crippen molar-refractivity contribution in [2.75, 3.05) is 6.61 Å². The van der Waals surface area contributed by atoms with E-state index in [9.17, 15) is 9.59 Å². The molecule has 4 nitrogen and oxygen atoms in total. The molecular weight excluding hydrogens is 407 g/mol. The molecule has 132 valence electrons. The summed E-state index contributed by atoms with van der Waals surface area (Å²) in [4.78, 5) is 22.6. The van der Waals surface area contributed by atoms with Gasteiger partial charge in [0.05, 0.1) is 12.0 Å². The summed E-state index contributed by atoms with van der Waals surface area (Å²) in [5.74, 6) is -0.545. The Morgan fingerprint density at radius 2 is 1.87 bits per heavy atom. The molecule has 0 spiro atoms. The first kappa shape index (κ1) is 20.6. The minimum atomic E-state index is -0.743. The van der Waals surface area contributed by atoms with Gasteiger partial charge in [-0.25, -0.2) is 0 Å². The van der Waals surface area contributed by atoms with Crippen molar-refractivity contribution in [1.29, 1.82) is 0 Å². The van der Waals surface area contributed by atoms with Gasteiger partial charge in [-0.1, -0.05) is 45.4 Å². The van der Waals surface area contributed by atoms with Gasteiger partial charge in [0.2, 0.25) is 0 Å². The van der Waals surface area contributed by atoms with Gasteiger partial charge in [-0.3, -0.25) is 9.59 Å². The van der Waals surface area contributed by atoms with E-state index in [4.69, 9.17) is 9.84 Å². The number of allylic oxidation sites excluding steroid dienone is 1. The number of carbonyl (C=O) groups excluding carboxylic acids is 1. The zero-order valence-electron chi connectivity index (χ0n) is 14.1. The number of carbonyl (C=O) groups is 2. The molecule has 5 heteroatoms. The molecule has 23 heavy (non-hydrogen) atoms. The summed E-state index contributed by atoms with van der Waals surface area (Å²) in [5, 5.41) is 8.60. The average Bonchev–Trinajstić information content (AvgIpc) is 2.76. The highest BCUT2D eigenvalue weighted by atomic mass is 127. The number of ether oxygens (including phenoxy) is 1. The topological polar surface area (TPSA) is 63.6 Å². The molecular formula is C18H29IO4. The molecule has 0 saturated carbocycles. The smallest absolute Gasteiger partial charge is 0.303 e. The van der Waals surface area contributed by atoms with E-state index in [1.807, 2.05) is 0 Å². The van der Waals surface area contributed by atoms with Crippen molar-refractivity contribution in [2.24, 2.45) is 5.92 Å². The largest absolute Gasteiger partial charge is 0.481 e. The van der Waals surface area contributed by atoms with Gasteiger partial charge >= 0.3 is 5.97 Å². The summed E-state index contributed by atoms with van der Waals surface area (Å²) in [5.41, 5.74) is 0. The fourth-order valence-corrected chi connectivity index (χ4v) is 3.81. The van der Waals surface area contributed by atoms with Gasteiger partial charge in [0.15, 0.2) is 5.78 Å². The lowest BCUT2D eigenvalue weighted by molar-refractivity contribution is -0.137. The zero-order valence-corrected chi connectivity index (χ0v) is 16.2.